The monoisotopic (exact) mass is 351 g/mol. The molecule has 1 fully saturated rings. The van der Waals surface area contributed by atoms with Crippen LogP contribution in [-0.4, -0.2) is 17.9 Å². The molecule has 1 unspecified atom stereocenters. The molecule has 2 aromatic carbocycles. The van der Waals surface area contributed by atoms with Crippen molar-refractivity contribution in [2.24, 2.45) is 5.73 Å². The first kappa shape index (κ1) is 18.1. The molecule has 1 saturated carbocycles. The van der Waals surface area contributed by atoms with Gasteiger partial charge in [-0.3, -0.25) is 9.59 Å². The first-order valence-electron chi connectivity index (χ1n) is 9.03. The minimum atomic E-state index is -1.14. The number of carbonyl (C=O) groups is 2. The first-order chi connectivity index (χ1) is 12.5. The molecular formula is C21H25N3O2. The van der Waals surface area contributed by atoms with Gasteiger partial charge in [-0.05, 0) is 49.6 Å². The fraction of sp³-hybridized carbons (Fsp3) is 0.333. The summed E-state index contributed by atoms with van der Waals surface area (Å²) in [6.45, 7) is 1.68. The summed E-state index contributed by atoms with van der Waals surface area (Å²) >= 11 is 0. The third-order valence-corrected chi connectivity index (χ3v) is 4.94. The van der Waals surface area contributed by atoms with Crippen LogP contribution >= 0.6 is 0 Å². The second-order valence-corrected chi connectivity index (χ2v) is 7.05. The van der Waals surface area contributed by atoms with E-state index in [1.807, 2.05) is 30.3 Å². The van der Waals surface area contributed by atoms with Crippen molar-refractivity contribution in [3.05, 3.63) is 65.7 Å². The van der Waals surface area contributed by atoms with Gasteiger partial charge in [0.25, 0.3) is 5.91 Å². The highest BCUT2D eigenvalue weighted by atomic mass is 16.2. The van der Waals surface area contributed by atoms with Gasteiger partial charge >= 0.3 is 0 Å². The summed E-state index contributed by atoms with van der Waals surface area (Å²) in [5.41, 5.74) is 7.03. The maximum absolute atomic E-state index is 12.6. The summed E-state index contributed by atoms with van der Waals surface area (Å²) in [5, 5.41) is 5.88. The van der Waals surface area contributed by atoms with E-state index < -0.39 is 5.54 Å². The lowest BCUT2D eigenvalue weighted by Crippen LogP contribution is -2.45. The third kappa shape index (κ3) is 4.11. The van der Waals surface area contributed by atoms with Crippen LogP contribution < -0.4 is 16.4 Å². The number of hydrogen-bond acceptors (Lipinski definition) is 3. The van der Waals surface area contributed by atoms with Crippen molar-refractivity contribution in [1.82, 2.24) is 5.32 Å². The van der Waals surface area contributed by atoms with Crippen LogP contribution in [-0.2, 0) is 10.3 Å². The van der Waals surface area contributed by atoms with Crippen LogP contribution in [0.2, 0.25) is 0 Å². The van der Waals surface area contributed by atoms with Gasteiger partial charge in [0.1, 0.15) is 5.54 Å². The van der Waals surface area contributed by atoms with E-state index >= 15 is 0 Å². The van der Waals surface area contributed by atoms with Gasteiger partial charge in [-0.2, -0.15) is 0 Å². The minimum Gasteiger partial charge on any atom is -0.349 e. The van der Waals surface area contributed by atoms with Gasteiger partial charge in [0.2, 0.25) is 5.91 Å². The molecule has 2 amide bonds. The molecule has 5 nitrogen and oxygen atoms in total. The summed E-state index contributed by atoms with van der Waals surface area (Å²) in [7, 11) is 0. The van der Waals surface area contributed by atoms with Crippen molar-refractivity contribution in [3.63, 3.8) is 0 Å². The molecule has 0 radical (unpaired) electrons. The number of nitrogens with two attached hydrogens (primary N) is 1. The molecule has 136 valence electrons. The number of rotatable bonds is 5. The molecule has 0 saturated heterocycles. The molecule has 5 heteroatoms. The molecule has 4 N–H and O–H groups in total. The molecule has 0 aliphatic heterocycles. The first-order valence-corrected chi connectivity index (χ1v) is 9.03. The topological polar surface area (TPSA) is 84.2 Å². The standard InChI is InChI=1S/C21H25N3O2/c1-21(22,16-7-3-2-4-8-16)20(26)24-18-13-11-15(12-14-18)19(25)23-17-9-5-6-10-17/h2-4,7-8,11-14,17H,5-6,9-10,22H2,1H3,(H,23,25)(H,24,26). The molecule has 3 rings (SSSR count). The highest BCUT2D eigenvalue weighted by Gasteiger charge is 2.30. The molecule has 0 spiro atoms. The van der Waals surface area contributed by atoms with Gasteiger partial charge in [-0.15, -0.1) is 0 Å². The molecule has 0 bridgehead atoms. The Morgan fingerprint density at radius 2 is 1.62 bits per heavy atom. The molecule has 0 heterocycles. The van der Waals surface area contributed by atoms with E-state index in [0.29, 0.717) is 11.3 Å². The van der Waals surface area contributed by atoms with E-state index in [1.165, 1.54) is 12.8 Å². The van der Waals surface area contributed by atoms with Crippen molar-refractivity contribution in [3.8, 4) is 0 Å². The average Bonchev–Trinajstić information content (AvgIpc) is 3.16. The second kappa shape index (κ2) is 7.70. The summed E-state index contributed by atoms with van der Waals surface area (Å²) < 4.78 is 0. The van der Waals surface area contributed by atoms with Crippen LogP contribution in [0.4, 0.5) is 5.69 Å². The Bertz CT molecular complexity index is 764. The zero-order valence-electron chi connectivity index (χ0n) is 15.0. The molecular weight excluding hydrogens is 326 g/mol. The lowest BCUT2D eigenvalue weighted by molar-refractivity contribution is -0.120. The van der Waals surface area contributed by atoms with Crippen LogP contribution in [0.3, 0.4) is 0 Å². The fourth-order valence-corrected chi connectivity index (χ4v) is 3.22. The van der Waals surface area contributed by atoms with Gasteiger partial charge in [0.15, 0.2) is 0 Å². The van der Waals surface area contributed by atoms with Gasteiger partial charge < -0.3 is 16.4 Å². The van der Waals surface area contributed by atoms with E-state index in [0.717, 1.165) is 18.4 Å². The molecule has 2 aromatic rings. The van der Waals surface area contributed by atoms with Crippen LogP contribution in [0.1, 0.15) is 48.5 Å². The number of anilines is 1. The van der Waals surface area contributed by atoms with Crippen molar-refractivity contribution >= 4 is 17.5 Å². The molecule has 26 heavy (non-hydrogen) atoms. The Kier molecular flexibility index (Phi) is 5.38. The average molecular weight is 351 g/mol. The summed E-state index contributed by atoms with van der Waals surface area (Å²) in [4.78, 5) is 24.8. The minimum absolute atomic E-state index is 0.0669. The Morgan fingerprint density at radius 3 is 2.23 bits per heavy atom. The van der Waals surface area contributed by atoms with Crippen LogP contribution in [0, 0.1) is 0 Å². The lowest BCUT2D eigenvalue weighted by atomic mass is 9.92. The Morgan fingerprint density at radius 1 is 1.00 bits per heavy atom. The van der Waals surface area contributed by atoms with Crippen molar-refractivity contribution < 1.29 is 9.59 Å². The highest BCUT2D eigenvalue weighted by molar-refractivity contribution is 5.99. The second-order valence-electron chi connectivity index (χ2n) is 7.05. The van der Waals surface area contributed by atoms with E-state index in [9.17, 15) is 9.59 Å². The van der Waals surface area contributed by atoms with Crippen molar-refractivity contribution in [1.29, 1.82) is 0 Å². The predicted molar refractivity (Wildman–Crippen MR) is 103 cm³/mol. The van der Waals surface area contributed by atoms with E-state index in [2.05, 4.69) is 10.6 Å². The van der Waals surface area contributed by atoms with Crippen LogP contribution in [0.25, 0.3) is 0 Å². The normalized spacial score (nSPS) is 16.7. The van der Waals surface area contributed by atoms with E-state index in [4.69, 9.17) is 5.73 Å². The Hall–Kier alpha value is -2.66. The summed E-state index contributed by atoms with van der Waals surface area (Å²) in [5.74, 6) is -0.366. The molecule has 1 atom stereocenters. The van der Waals surface area contributed by atoms with Crippen LogP contribution in [0.5, 0.6) is 0 Å². The maximum atomic E-state index is 12.6. The van der Waals surface area contributed by atoms with Crippen molar-refractivity contribution in [2.75, 3.05) is 5.32 Å². The largest absolute Gasteiger partial charge is 0.349 e. The number of carbonyl (C=O) groups excluding carboxylic acids is 2. The van der Waals surface area contributed by atoms with Gasteiger partial charge in [0.05, 0.1) is 0 Å². The number of amides is 2. The number of hydrogen-bond donors (Lipinski definition) is 3. The molecule has 0 aromatic heterocycles. The van der Waals surface area contributed by atoms with Gasteiger partial charge in [0, 0.05) is 17.3 Å². The summed E-state index contributed by atoms with van der Waals surface area (Å²) in [6.07, 6.45) is 4.45. The molecule has 1 aliphatic rings. The molecule has 1 aliphatic carbocycles. The predicted octanol–water partition coefficient (Wildman–Crippen LogP) is 3.17. The van der Waals surface area contributed by atoms with Crippen molar-refractivity contribution in [2.45, 2.75) is 44.2 Å². The Balaban J connectivity index is 1.63. The number of nitrogens with one attached hydrogen (secondary N) is 2. The smallest absolute Gasteiger partial charge is 0.251 e. The highest BCUT2D eigenvalue weighted by Crippen LogP contribution is 2.21. The summed E-state index contributed by atoms with van der Waals surface area (Å²) in [6, 6.07) is 16.4. The van der Waals surface area contributed by atoms with E-state index in [-0.39, 0.29) is 17.9 Å². The Labute approximate surface area is 154 Å². The lowest BCUT2D eigenvalue weighted by Gasteiger charge is -2.24. The SMILES string of the molecule is CC(N)(C(=O)Nc1ccc(C(=O)NC2CCCC2)cc1)c1ccccc1. The third-order valence-electron chi connectivity index (χ3n) is 4.94. The quantitative estimate of drug-likeness (QED) is 0.773. The van der Waals surface area contributed by atoms with Gasteiger partial charge in [-0.25, -0.2) is 0 Å². The zero-order chi connectivity index (χ0) is 18.6. The zero-order valence-corrected chi connectivity index (χ0v) is 15.0. The maximum Gasteiger partial charge on any atom is 0.251 e. The van der Waals surface area contributed by atoms with E-state index in [1.54, 1.807) is 31.2 Å². The number of benzene rings is 2. The van der Waals surface area contributed by atoms with Gasteiger partial charge in [-0.1, -0.05) is 43.2 Å². The fourth-order valence-electron chi connectivity index (χ4n) is 3.22. The van der Waals surface area contributed by atoms with Crippen LogP contribution in [0.15, 0.2) is 54.6 Å².